The lowest BCUT2D eigenvalue weighted by atomic mass is 9.93. The highest BCUT2D eigenvalue weighted by Crippen LogP contribution is 2.41. The molecule has 0 radical (unpaired) electrons. The molecule has 2 aliphatic heterocycles. The predicted octanol–water partition coefficient (Wildman–Crippen LogP) is 5.10. The van der Waals surface area contributed by atoms with E-state index in [1.807, 2.05) is 20.8 Å². The Morgan fingerprint density at radius 1 is 1.26 bits per heavy atom. The van der Waals surface area contributed by atoms with Crippen molar-refractivity contribution in [1.29, 1.82) is 0 Å². The van der Waals surface area contributed by atoms with Crippen LogP contribution in [0.25, 0.3) is 0 Å². The Labute approximate surface area is 217 Å². The van der Waals surface area contributed by atoms with Crippen molar-refractivity contribution in [2.75, 3.05) is 26.2 Å². The van der Waals surface area contributed by atoms with Crippen molar-refractivity contribution in [3.8, 4) is 5.75 Å². The molecule has 10 heteroatoms. The second-order valence-corrected chi connectivity index (χ2v) is 10.6. The number of nitrogens with one attached hydrogen (secondary N) is 2. The zero-order chi connectivity index (χ0) is 25.6. The van der Waals surface area contributed by atoms with Gasteiger partial charge in [0.25, 0.3) is 0 Å². The summed E-state index contributed by atoms with van der Waals surface area (Å²) in [5.74, 6) is 1.42. The molecule has 0 saturated carbocycles. The molecule has 192 valence electrons. The van der Waals surface area contributed by atoms with Gasteiger partial charge in [-0.1, -0.05) is 35.9 Å². The molecular formula is C25H34Cl2N4O4. The summed E-state index contributed by atoms with van der Waals surface area (Å²) in [6, 6.07) is 3.51. The van der Waals surface area contributed by atoms with Gasteiger partial charge in [-0.2, -0.15) is 0 Å². The van der Waals surface area contributed by atoms with Crippen LogP contribution in [0.2, 0.25) is 10.0 Å². The van der Waals surface area contributed by atoms with Gasteiger partial charge in [0.1, 0.15) is 23.8 Å². The SMILES string of the molecule is C=CCOc1ccc(Cl)c(Cl)c1C1CN=C(NNC(=O)CC2CCN(C(=O)OC(C)(C)C)CC2)C1. The van der Waals surface area contributed by atoms with E-state index in [2.05, 4.69) is 22.4 Å². The van der Waals surface area contributed by atoms with Gasteiger partial charge < -0.3 is 14.4 Å². The molecule has 2 amide bonds. The van der Waals surface area contributed by atoms with Gasteiger partial charge in [0.2, 0.25) is 5.91 Å². The number of amidine groups is 1. The van der Waals surface area contributed by atoms with E-state index < -0.39 is 5.60 Å². The molecule has 2 N–H and O–H groups in total. The third kappa shape index (κ3) is 7.77. The molecule has 0 aliphatic carbocycles. The van der Waals surface area contributed by atoms with Crippen LogP contribution in [0.1, 0.15) is 57.9 Å². The molecule has 1 unspecified atom stereocenters. The molecule has 0 aromatic heterocycles. The smallest absolute Gasteiger partial charge is 0.410 e. The molecule has 1 aromatic carbocycles. The number of rotatable bonds is 6. The summed E-state index contributed by atoms with van der Waals surface area (Å²) < 4.78 is 11.2. The topological polar surface area (TPSA) is 92.3 Å². The average Bonchev–Trinajstić information content (AvgIpc) is 3.26. The second-order valence-electron chi connectivity index (χ2n) is 9.85. The second kappa shape index (κ2) is 12.0. The molecule has 1 atom stereocenters. The molecule has 3 rings (SSSR count). The highest BCUT2D eigenvalue weighted by molar-refractivity contribution is 6.42. The van der Waals surface area contributed by atoms with Gasteiger partial charge in [-0.3, -0.25) is 20.6 Å². The first-order chi connectivity index (χ1) is 16.6. The van der Waals surface area contributed by atoms with Crippen LogP contribution in [0.4, 0.5) is 4.79 Å². The van der Waals surface area contributed by atoms with E-state index in [1.54, 1.807) is 23.1 Å². The number of benzene rings is 1. The molecular weight excluding hydrogens is 491 g/mol. The first-order valence-corrected chi connectivity index (χ1v) is 12.6. The number of carbonyl (C=O) groups is 2. The van der Waals surface area contributed by atoms with Crippen molar-refractivity contribution < 1.29 is 19.1 Å². The maximum Gasteiger partial charge on any atom is 0.410 e. The number of nitrogens with zero attached hydrogens (tertiary/aromatic N) is 2. The van der Waals surface area contributed by atoms with Gasteiger partial charge in [-0.05, 0) is 51.7 Å². The number of carbonyl (C=O) groups excluding carboxylic acids is 2. The summed E-state index contributed by atoms with van der Waals surface area (Å²) in [4.78, 5) is 30.9. The minimum absolute atomic E-state index is 0.0161. The fraction of sp³-hybridized carbons (Fsp3) is 0.560. The lowest BCUT2D eigenvalue weighted by molar-refractivity contribution is -0.122. The number of aliphatic imine (C=N–C) groups is 1. The Hall–Kier alpha value is -2.45. The number of halogens is 2. The summed E-state index contributed by atoms with van der Waals surface area (Å²) in [7, 11) is 0. The van der Waals surface area contributed by atoms with Crippen molar-refractivity contribution >= 4 is 41.0 Å². The Morgan fingerprint density at radius 3 is 2.63 bits per heavy atom. The van der Waals surface area contributed by atoms with Crippen LogP contribution < -0.4 is 15.6 Å². The Morgan fingerprint density at radius 2 is 1.97 bits per heavy atom. The molecule has 1 aromatic rings. The molecule has 8 nitrogen and oxygen atoms in total. The summed E-state index contributed by atoms with van der Waals surface area (Å²) in [6.45, 7) is 11.3. The summed E-state index contributed by atoms with van der Waals surface area (Å²) in [6.07, 6.45) is 3.84. The van der Waals surface area contributed by atoms with Crippen LogP contribution in [0.15, 0.2) is 29.8 Å². The van der Waals surface area contributed by atoms with Gasteiger partial charge in [0.05, 0.1) is 10.0 Å². The molecule has 1 saturated heterocycles. The molecule has 0 bridgehead atoms. The van der Waals surface area contributed by atoms with Gasteiger partial charge in [-0.15, -0.1) is 0 Å². The third-order valence-electron chi connectivity index (χ3n) is 5.89. The van der Waals surface area contributed by atoms with E-state index in [0.29, 0.717) is 60.7 Å². The zero-order valence-electron chi connectivity index (χ0n) is 20.5. The number of hydrogen-bond acceptors (Lipinski definition) is 6. The molecule has 2 aliphatic rings. The Balaban J connectivity index is 1.44. The normalized spacial score (nSPS) is 18.6. The number of ether oxygens (including phenoxy) is 2. The highest BCUT2D eigenvalue weighted by Gasteiger charge is 2.29. The quantitative estimate of drug-likeness (QED) is 0.398. The zero-order valence-corrected chi connectivity index (χ0v) is 22.0. The Bertz CT molecular complexity index is 969. The van der Waals surface area contributed by atoms with Crippen LogP contribution in [-0.2, 0) is 9.53 Å². The van der Waals surface area contributed by atoms with Crippen LogP contribution in [0.3, 0.4) is 0 Å². The highest BCUT2D eigenvalue weighted by atomic mass is 35.5. The van der Waals surface area contributed by atoms with E-state index >= 15 is 0 Å². The van der Waals surface area contributed by atoms with Crippen LogP contribution >= 0.6 is 23.2 Å². The van der Waals surface area contributed by atoms with E-state index in [-0.39, 0.29) is 23.8 Å². The number of piperidine rings is 1. The fourth-order valence-electron chi connectivity index (χ4n) is 4.17. The van der Waals surface area contributed by atoms with Gasteiger partial charge in [-0.25, -0.2) is 4.79 Å². The first-order valence-electron chi connectivity index (χ1n) is 11.8. The van der Waals surface area contributed by atoms with E-state index in [9.17, 15) is 9.59 Å². The fourth-order valence-corrected chi connectivity index (χ4v) is 4.65. The lowest BCUT2D eigenvalue weighted by Gasteiger charge is -2.33. The average molecular weight is 525 g/mol. The van der Waals surface area contributed by atoms with Crippen molar-refractivity contribution in [3.63, 3.8) is 0 Å². The van der Waals surface area contributed by atoms with Gasteiger partial charge >= 0.3 is 6.09 Å². The van der Waals surface area contributed by atoms with Crippen molar-refractivity contribution in [2.45, 2.75) is 58.0 Å². The van der Waals surface area contributed by atoms with Crippen LogP contribution in [0.5, 0.6) is 5.75 Å². The number of hydrogen-bond donors (Lipinski definition) is 2. The first kappa shape index (κ1) is 27.1. The molecule has 2 heterocycles. The van der Waals surface area contributed by atoms with Crippen LogP contribution in [-0.4, -0.2) is 54.6 Å². The largest absolute Gasteiger partial charge is 0.489 e. The van der Waals surface area contributed by atoms with Crippen molar-refractivity contribution in [1.82, 2.24) is 15.8 Å². The van der Waals surface area contributed by atoms with Crippen LogP contribution in [0, 0.1) is 5.92 Å². The number of hydrazine groups is 1. The summed E-state index contributed by atoms with van der Waals surface area (Å²) in [5, 5.41) is 0.913. The Kier molecular flexibility index (Phi) is 9.30. The standard InChI is InChI=1S/C25H34Cl2N4O4/c1-5-12-34-19-7-6-18(26)23(27)22(19)17-14-20(28-15-17)29-30-21(32)13-16-8-10-31(11-9-16)24(33)35-25(2,3)4/h5-7,16-17H,1,8-15H2,2-4H3,(H,28,29)(H,30,32). The molecule has 1 fully saturated rings. The van der Waals surface area contributed by atoms with E-state index in [1.165, 1.54) is 0 Å². The minimum Gasteiger partial charge on any atom is -0.489 e. The van der Waals surface area contributed by atoms with Gasteiger partial charge in [0.15, 0.2) is 0 Å². The van der Waals surface area contributed by atoms with Crippen molar-refractivity contribution in [2.24, 2.45) is 10.9 Å². The van der Waals surface area contributed by atoms with E-state index in [0.717, 1.165) is 18.4 Å². The van der Waals surface area contributed by atoms with Gasteiger partial charge in [0, 0.05) is 44.0 Å². The predicted molar refractivity (Wildman–Crippen MR) is 138 cm³/mol. The summed E-state index contributed by atoms with van der Waals surface area (Å²) in [5.41, 5.74) is 6.00. The molecule has 35 heavy (non-hydrogen) atoms. The maximum absolute atomic E-state index is 12.5. The minimum atomic E-state index is -0.514. The number of likely N-dealkylation sites (tertiary alicyclic amines) is 1. The van der Waals surface area contributed by atoms with E-state index in [4.69, 9.17) is 32.7 Å². The lowest BCUT2D eigenvalue weighted by Crippen LogP contribution is -2.44. The maximum atomic E-state index is 12.5. The summed E-state index contributed by atoms with van der Waals surface area (Å²) >= 11 is 12.7. The third-order valence-corrected chi connectivity index (χ3v) is 6.71. The monoisotopic (exact) mass is 524 g/mol. The molecule has 0 spiro atoms. The number of amides is 2. The van der Waals surface area contributed by atoms with Crippen molar-refractivity contribution in [3.05, 3.63) is 40.4 Å².